The lowest BCUT2D eigenvalue weighted by molar-refractivity contribution is 0.551. The SMILES string of the molecule is CCSC1CCC(NS(=O)(=O)CCCCl)C1. The van der Waals surface area contributed by atoms with Crippen LogP contribution in [0.5, 0.6) is 0 Å². The van der Waals surface area contributed by atoms with Crippen LogP contribution in [0.2, 0.25) is 0 Å². The predicted molar refractivity (Wildman–Crippen MR) is 71.8 cm³/mol. The van der Waals surface area contributed by atoms with Gasteiger partial charge in [0, 0.05) is 17.2 Å². The highest BCUT2D eigenvalue weighted by Crippen LogP contribution is 2.29. The Kier molecular flexibility index (Phi) is 6.47. The molecule has 3 nitrogen and oxygen atoms in total. The van der Waals surface area contributed by atoms with Gasteiger partial charge in [-0.2, -0.15) is 11.8 Å². The second-order valence-corrected chi connectivity index (χ2v) is 7.90. The standard InChI is InChI=1S/C10H20ClNO2S2/c1-2-15-10-5-4-9(8-10)12-16(13,14)7-3-6-11/h9-10,12H,2-8H2,1H3. The van der Waals surface area contributed by atoms with E-state index >= 15 is 0 Å². The molecule has 2 atom stereocenters. The van der Waals surface area contributed by atoms with E-state index in [0.717, 1.165) is 25.0 Å². The van der Waals surface area contributed by atoms with Crippen molar-refractivity contribution in [2.75, 3.05) is 17.4 Å². The fraction of sp³-hybridized carbons (Fsp3) is 1.00. The number of hydrogen-bond donors (Lipinski definition) is 1. The third-order valence-corrected chi connectivity index (χ3v) is 5.70. The van der Waals surface area contributed by atoms with E-state index in [4.69, 9.17) is 11.6 Å². The van der Waals surface area contributed by atoms with Gasteiger partial charge in [-0.25, -0.2) is 13.1 Å². The first-order valence-electron chi connectivity index (χ1n) is 5.75. The van der Waals surface area contributed by atoms with Gasteiger partial charge in [0.05, 0.1) is 5.75 Å². The Labute approximate surface area is 108 Å². The number of rotatable bonds is 7. The Hall–Kier alpha value is 0.550. The summed E-state index contributed by atoms with van der Waals surface area (Å²) in [6, 6.07) is 0.143. The minimum atomic E-state index is -3.11. The highest BCUT2D eigenvalue weighted by molar-refractivity contribution is 7.99. The van der Waals surface area contributed by atoms with Crippen molar-refractivity contribution < 1.29 is 8.42 Å². The molecule has 1 N–H and O–H groups in total. The van der Waals surface area contributed by atoms with Crippen LogP contribution in [0.25, 0.3) is 0 Å². The molecule has 0 aromatic carbocycles. The van der Waals surface area contributed by atoms with Gasteiger partial charge in [-0.05, 0) is 31.4 Å². The van der Waals surface area contributed by atoms with Gasteiger partial charge in [-0.15, -0.1) is 11.6 Å². The molecular formula is C10H20ClNO2S2. The molecule has 0 saturated heterocycles. The van der Waals surface area contributed by atoms with Crippen LogP contribution >= 0.6 is 23.4 Å². The van der Waals surface area contributed by atoms with Crippen LogP contribution < -0.4 is 4.72 Å². The number of halogens is 1. The third-order valence-electron chi connectivity index (χ3n) is 2.68. The summed E-state index contributed by atoms with van der Waals surface area (Å²) < 4.78 is 26.0. The Morgan fingerprint density at radius 2 is 2.19 bits per heavy atom. The summed E-state index contributed by atoms with van der Waals surface area (Å²) in [5.74, 6) is 1.66. The summed E-state index contributed by atoms with van der Waals surface area (Å²) in [7, 11) is -3.11. The van der Waals surface area contributed by atoms with Crippen molar-refractivity contribution in [3.8, 4) is 0 Å². The average molecular weight is 286 g/mol. The van der Waals surface area contributed by atoms with E-state index in [2.05, 4.69) is 11.6 Å². The quantitative estimate of drug-likeness (QED) is 0.730. The van der Waals surface area contributed by atoms with Crippen LogP contribution in [0.3, 0.4) is 0 Å². The molecule has 1 aliphatic rings. The Bertz CT molecular complexity index is 295. The molecule has 1 rings (SSSR count). The summed E-state index contributed by atoms with van der Waals surface area (Å²) >= 11 is 7.42. The van der Waals surface area contributed by atoms with Crippen molar-refractivity contribution in [3.63, 3.8) is 0 Å². The number of nitrogens with one attached hydrogen (secondary N) is 1. The summed E-state index contributed by atoms with van der Waals surface area (Å²) in [5, 5.41) is 0.630. The zero-order chi connectivity index (χ0) is 12.0. The van der Waals surface area contributed by atoms with Gasteiger partial charge in [0.15, 0.2) is 0 Å². The van der Waals surface area contributed by atoms with Gasteiger partial charge in [-0.1, -0.05) is 6.92 Å². The summed E-state index contributed by atoms with van der Waals surface area (Å²) in [6.07, 6.45) is 3.59. The van der Waals surface area contributed by atoms with Crippen LogP contribution in [-0.4, -0.2) is 37.1 Å². The molecule has 0 aliphatic heterocycles. The summed E-state index contributed by atoms with van der Waals surface area (Å²) in [6.45, 7) is 2.14. The topological polar surface area (TPSA) is 46.2 Å². The predicted octanol–water partition coefficient (Wildman–Crippen LogP) is 2.21. The molecule has 0 bridgehead atoms. The molecule has 2 unspecified atom stereocenters. The van der Waals surface area contributed by atoms with E-state index in [1.54, 1.807) is 0 Å². The van der Waals surface area contributed by atoms with E-state index in [0.29, 0.717) is 17.6 Å². The van der Waals surface area contributed by atoms with E-state index in [1.807, 2.05) is 11.8 Å². The van der Waals surface area contributed by atoms with Crippen molar-refractivity contribution in [1.29, 1.82) is 0 Å². The highest BCUT2D eigenvalue weighted by atomic mass is 35.5. The van der Waals surface area contributed by atoms with Crippen LogP contribution in [0, 0.1) is 0 Å². The van der Waals surface area contributed by atoms with Gasteiger partial charge >= 0.3 is 0 Å². The number of sulfonamides is 1. The van der Waals surface area contributed by atoms with Crippen molar-refractivity contribution >= 4 is 33.4 Å². The minimum absolute atomic E-state index is 0.143. The lowest BCUT2D eigenvalue weighted by atomic mass is 10.3. The van der Waals surface area contributed by atoms with Crippen molar-refractivity contribution in [2.24, 2.45) is 0 Å². The van der Waals surface area contributed by atoms with Crippen molar-refractivity contribution in [2.45, 2.75) is 43.9 Å². The largest absolute Gasteiger partial charge is 0.212 e. The molecule has 1 saturated carbocycles. The molecule has 0 aromatic heterocycles. The average Bonchev–Trinajstić information content (AvgIpc) is 2.62. The number of thioether (sulfide) groups is 1. The lowest BCUT2D eigenvalue weighted by Gasteiger charge is -2.13. The Balaban J connectivity index is 2.33. The van der Waals surface area contributed by atoms with Gasteiger partial charge in [0.1, 0.15) is 0 Å². The first kappa shape index (κ1) is 14.6. The molecule has 0 heterocycles. The number of hydrogen-bond acceptors (Lipinski definition) is 3. The van der Waals surface area contributed by atoms with Gasteiger partial charge in [0.25, 0.3) is 0 Å². The van der Waals surface area contributed by atoms with E-state index in [9.17, 15) is 8.42 Å². The monoisotopic (exact) mass is 285 g/mol. The van der Waals surface area contributed by atoms with Crippen molar-refractivity contribution in [1.82, 2.24) is 4.72 Å². The Morgan fingerprint density at radius 3 is 2.81 bits per heavy atom. The molecule has 1 fully saturated rings. The first-order chi connectivity index (χ1) is 7.57. The lowest BCUT2D eigenvalue weighted by Crippen LogP contribution is -2.35. The third kappa shape index (κ3) is 5.25. The van der Waals surface area contributed by atoms with Crippen LogP contribution in [0.4, 0.5) is 0 Å². The van der Waals surface area contributed by atoms with Crippen molar-refractivity contribution in [3.05, 3.63) is 0 Å². The summed E-state index contributed by atoms with van der Waals surface area (Å²) in [5.41, 5.74) is 0. The van der Waals surface area contributed by atoms with Crippen LogP contribution in [0.1, 0.15) is 32.6 Å². The second kappa shape index (κ2) is 7.09. The van der Waals surface area contributed by atoms with E-state index in [1.165, 1.54) is 0 Å². The molecule has 16 heavy (non-hydrogen) atoms. The number of alkyl halides is 1. The minimum Gasteiger partial charge on any atom is -0.212 e. The smallest absolute Gasteiger partial charge is 0.211 e. The first-order valence-corrected chi connectivity index (χ1v) is 8.98. The molecule has 0 amide bonds. The van der Waals surface area contributed by atoms with Gasteiger partial charge in [-0.3, -0.25) is 0 Å². The maximum atomic E-state index is 11.6. The zero-order valence-electron chi connectivity index (χ0n) is 9.62. The molecule has 96 valence electrons. The zero-order valence-corrected chi connectivity index (χ0v) is 12.0. The molecule has 0 radical (unpaired) electrons. The van der Waals surface area contributed by atoms with E-state index < -0.39 is 10.0 Å². The fourth-order valence-corrected chi connectivity index (χ4v) is 4.79. The normalized spacial score (nSPS) is 26.1. The maximum absolute atomic E-state index is 11.6. The maximum Gasteiger partial charge on any atom is 0.211 e. The summed E-state index contributed by atoms with van der Waals surface area (Å²) in [4.78, 5) is 0. The molecular weight excluding hydrogens is 266 g/mol. The Morgan fingerprint density at radius 1 is 1.44 bits per heavy atom. The van der Waals surface area contributed by atoms with Crippen LogP contribution in [0.15, 0.2) is 0 Å². The second-order valence-electron chi connectivity index (χ2n) is 4.07. The van der Waals surface area contributed by atoms with Gasteiger partial charge < -0.3 is 0 Å². The van der Waals surface area contributed by atoms with Gasteiger partial charge in [0.2, 0.25) is 10.0 Å². The molecule has 6 heteroatoms. The van der Waals surface area contributed by atoms with Crippen LogP contribution in [-0.2, 0) is 10.0 Å². The molecule has 0 aromatic rings. The molecule has 0 spiro atoms. The molecule has 1 aliphatic carbocycles. The van der Waals surface area contributed by atoms with E-state index in [-0.39, 0.29) is 11.8 Å². The highest BCUT2D eigenvalue weighted by Gasteiger charge is 2.27. The fourth-order valence-electron chi connectivity index (χ4n) is 1.99.